The highest BCUT2D eigenvalue weighted by Gasteiger charge is 2.26. The van der Waals surface area contributed by atoms with E-state index in [0.717, 1.165) is 11.4 Å². The third-order valence-electron chi connectivity index (χ3n) is 3.07. The molecule has 0 amide bonds. The molecule has 0 spiro atoms. The van der Waals surface area contributed by atoms with Crippen LogP contribution in [0.5, 0.6) is 0 Å². The zero-order valence-corrected chi connectivity index (χ0v) is 12.1. The Morgan fingerprint density at radius 3 is 2.83 bits per heavy atom. The summed E-state index contributed by atoms with van der Waals surface area (Å²) in [6.45, 7) is 1.57. The smallest absolute Gasteiger partial charge is 0.241 e. The van der Waals surface area contributed by atoms with Crippen molar-refractivity contribution in [3.63, 3.8) is 0 Å². The van der Waals surface area contributed by atoms with Crippen molar-refractivity contribution in [2.75, 3.05) is 20.1 Å². The summed E-state index contributed by atoms with van der Waals surface area (Å²) in [7, 11) is -1.34. The van der Waals surface area contributed by atoms with E-state index in [-0.39, 0.29) is 0 Å². The molecule has 0 bridgehead atoms. The van der Waals surface area contributed by atoms with E-state index >= 15 is 0 Å². The van der Waals surface area contributed by atoms with Gasteiger partial charge < -0.3 is 10.6 Å². The van der Waals surface area contributed by atoms with Crippen LogP contribution in [0, 0.1) is 0 Å². The molecule has 5 nitrogen and oxygen atoms in total. The monoisotopic (exact) mass is 289 g/mol. The Balaban J connectivity index is 1.86. The molecule has 0 aromatic carbocycles. The zero-order chi connectivity index (χ0) is 13.2. The maximum atomic E-state index is 12.0. The topological polar surface area (TPSA) is 75.4 Å². The van der Waals surface area contributed by atoms with Crippen LogP contribution in [0.15, 0.2) is 16.3 Å². The molecule has 1 heterocycles. The van der Waals surface area contributed by atoms with E-state index < -0.39 is 10.0 Å². The molecular formula is C11H19N3O2S2. The second kappa shape index (κ2) is 5.66. The third kappa shape index (κ3) is 3.52. The van der Waals surface area contributed by atoms with Gasteiger partial charge in [0.05, 0.1) is 4.90 Å². The minimum atomic E-state index is -3.37. The van der Waals surface area contributed by atoms with E-state index in [1.165, 1.54) is 24.2 Å². The number of nitrogens with one attached hydrogen (secondary N) is 1. The van der Waals surface area contributed by atoms with E-state index in [1.807, 2.05) is 7.05 Å². The van der Waals surface area contributed by atoms with Gasteiger partial charge in [0.2, 0.25) is 10.0 Å². The molecular weight excluding hydrogens is 270 g/mol. The number of likely N-dealkylation sites (N-methyl/N-ethyl adjacent to an activating group) is 1. The van der Waals surface area contributed by atoms with Crippen LogP contribution in [-0.4, -0.2) is 39.5 Å². The summed E-state index contributed by atoms with van der Waals surface area (Å²) in [4.78, 5) is 3.40. The summed E-state index contributed by atoms with van der Waals surface area (Å²) in [5.41, 5.74) is 5.48. The molecule has 0 radical (unpaired) electrons. The van der Waals surface area contributed by atoms with Gasteiger partial charge in [0.1, 0.15) is 0 Å². The molecule has 0 unspecified atom stereocenters. The highest BCUT2D eigenvalue weighted by atomic mass is 32.2. The minimum absolute atomic E-state index is 0.321. The van der Waals surface area contributed by atoms with E-state index in [9.17, 15) is 8.42 Å². The van der Waals surface area contributed by atoms with Gasteiger partial charge in [-0.15, -0.1) is 11.3 Å². The lowest BCUT2D eigenvalue weighted by Gasteiger charge is -2.15. The second-order valence-corrected chi connectivity index (χ2v) is 7.33. The van der Waals surface area contributed by atoms with Gasteiger partial charge in [0.25, 0.3) is 0 Å². The van der Waals surface area contributed by atoms with E-state index in [0.29, 0.717) is 24.0 Å². The van der Waals surface area contributed by atoms with Gasteiger partial charge in [0.15, 0.2) is 0 Å². The number of nitrogens with two attached hydrogens (primary N) is 1. The summed E-state index contributed by atoms with van der Waals surface area (Å²) in [5.74, 6) is 0. The highest BCUT2D eigenvalue weighted by molar-refractivity contribution is 7.89. The van der Waals surface area contributed by atoms with Gasteiger partial charge in [0, 0.05) is 35.9 Å². The van der Waals surface area contributed by atoms with Crippen LogP contribution < -0.4 is 10.5 Å². The fourth-order valence-electron chi connectivity index (χ4n) is 1.75. The zero-order valence-electron chi connectivity index (χ0n) is 10.4. The van der Waals surface area contributed by atoms with Crippen molar-refractivity contribution in [1.82, 2.24) is 9.62 Å². The Bertz CT molecular complexity index is 494. The fraction of sp³-hybridized carbons (Fsp3) is 0.636. The quantitative estimate of drug-likeness (QED) is 0.770. The Kier molecular flexibility index (Phi) is 4.39. The lowest BCUT2D eigenvalue weighted by atomic mass is 10.5. The summed E-state index contributed by atoms with van der Waals surface area (Å²) in [6.07, 6.45) is 2.46. The van der Waals surface area contributed by atoms with Crippen LogP contribution in [0.3, 0.4) is 0 Å². The lowest BCUT2D eigenvalue weighted by Crippen LogP contribution is -2.33. The molecule has 1 aliphatic carbocycles. The first-order valence-corrected chi connectivity index (χ1v) is 8.36. The summed E-state index contributed by atoms with van der Waals surface area (Å²) < 4.78 is 26.6. The van der Waals surface area contributed by atoms with Gasteiger partial charge in [-0.05, 0) is 26.0 Å². The molecule has 1 aliphatic rings. The van der Waals surface area contributed by atoms with Crippen LogP contribution in [0.2, 0.25) is 0 Å². The SMILES string of the molecule is CN(CCNS(=O)(=O)c1csc(CN)c1)C1CC1. The molecule has 3 N–H and O–H groups in total. The van der Waals surface area contributed by atoms with Crippen molar-refractivity contribution in [1.29, 1.82) is 0 Å². The van der Waals surface area contributed by atoms with Gasteiger partial charge in [-0.1, -0.05) is 0 Å². The number of sulfonamides is 1. The van der Waals surface area contributed by atoms with Crippen LogP contribution in [-0.2, 0) is 16.6 Å². The van der Waals surface area contributed by atoms with Gasteiger partial charge in [-0.25, -0.2) is 13.1 Å². The molecule has 0 saturated heterocycles. The van der Waals surface area contributed by atoms with E-state index in [2.05, 4.69) is 9.62 Å². The molecule has 1 fully saturated rings. The number of thiophene rings is 1. The van der Waals surface area contributed by atoms with Gasteiger partial charge in [-0.3, -0.25) is 0 Å². The average Bonchev–Trinajstić information content (AvgIpc) is 3.06. The first kappa shape index (κ1) is 14.0. The number of hydrogen-bond donors (Lipinski definition) is 2. The standard InChI is InChI=1S/C11H19N3O2S2/c1-14(9-2-3-9)5-4-13-18(15,16)11-6-10(7-12)17-8-11/h6,8-9,13H,2-5,7,12H2,1H3. The average molecular weight is 289 g/mol. The summed E-state index contributed by atoms with van der Waals surface area (Å²) in [5, 5.41) is 1.63. The maximum absolute atomic E-state index is 12.0. The van der Waals surface area contributed by atoms with Gasteiger partial charge in [-0.2, -0.15) is 0 Å². The van der Waals surface area contributed by atoms with Crippen molar-refractivity contribution in [2.24, 2.45) is 5.73 Å². The van der Waals surface area contributed by atoms with Crippen LogP contribution in [0.1, 0.15) is 17.7 Å². The molecule has 18 heavy (non-hydrogen) atoms. The van der Waals surface area contributed by atoms with Crippen LogP contribution >= 0.6 is 11.3 Å². The Labute approximate surface area is 112 Å². The van der Waals surface area contributed by atoms with Gasteiger partial charge >= 0.3 is 0 Å². The predicted molar refractivity (Wildman–Crippen MR) is 73.1 cm³/mol. The first-order valence-electron chi connectivity index (χ1n) is 6.00. The normalized spacial score (nSPS) is 16.4. The number of hydrogen-bond acceptors (Lipinski definition) is 5. The first-order chi connectivity index (χ1) is 8.53. The van der Waals surface area contributed by atoms with Crippen LogP contribution in [0.25, 0.3) is 0 Å². The fourth-order valence-corrected chi connectivity index (χ4v) is 3.92. The molecule has 2 rings (SSSR count). The van der Waals surface area contributed by atoms with Crippen molar-refractivity contribution in [3.8, 4) is 0 Å². The molecule has 7 heteroatoms. The lowest BCUT2D eigenvalue weighted by molar-refractivity contribution is 0.329. The third-order valence-corrected chi connectivity index (χ3v) is 5.62. The molecule has 0 atom stereocenters. The highest BCUT2D eigenvalue weighted by Crippen LogP contribution is 2.24. The van der Waals surface area contributed by atoms with E-state index in [4.69, 9.17) is 5.73 Å². The van der Waals surface area contributed by atoms with Crippen molar-refractivity contribution in [2.45, 2.75) is 30.3 Å². The van der Waals surface area contributed by atoms with E-state index in [1.54, 1.807) is 11.4 Å². The molecule has 1 saturated carbocycles. The number of rotatable bonds is 7. The Hall–Kier alpha value is -0.470. The van der Waals surface area contributed by atoms with Crippen LogP contribution in [0.4, 0.5) is 0 Å². The predicted octanol–water partition coefficient (Wildman–Crippen LogP) is 0.579. The Morgan fingerprint density at radius 2 is 2.28 bits per heavy atom. The van der Waals surface area contributed by atoms with Crippen molar-refractivity contribution < 1.29 is 8.42 Å². The summed E-state index contributed by atoms with van der Waals surface area (Å²) >= 11 is 1.38. The Morgan fingerprint density at radius 1 is 1.56 bits per heavy atom. The van der Waals surface area contributed by atoms with Crippen molar-refractivity contribution in [3.05, 3.63) is 16.3 Å². The number of nitrogens with zero attached hydrogens (tertiary/aromatic N) is 1. The molecule has 102 valence electrons. The largest absolute Gasteiger partial charge is 0.326 e. The molecule has 1 aromatic rings. The minimum Gasteiger partial charge on any atom is -0.326 e. The second-order valence-electron chi connectivity index (χ2n) is 4.56. The molecule has 0 aliphatic heterocycles. The molecule has 1 aromatic heterocycles. The maximum Gasteiger partial charge on any atom is 0.241 e. The van der Waals surface area contributed by atoms with Crippen molar-refractivity contribution >= 4 is 21.4 Å². The summed E-state index contributed by atoms with van der Waals surface area (Å²) in [6, 6.07) is 2.29.